The SMILES string of the molecule is Cl.FC(F)(F)CN1CCC[C@@H](COc2ccc(I)cc2)C1. The van der Waals surface area contributed by atoms with Crippen LogP contribution in [0.5, 0.6) is 5.75 Å². The minimum atomic E-state index is -4.11. The number of alkyl halides is 3. The van der Waals surface area contributed by atoms with E-state index in [0.717, 1.165) is 22.2 Å². The third-order valence-electron chi connectivity index (χ3n) is 3.31. The molecule has 0 aliphatic carbocycles. The third kappa shape index (κ3) is 7.06. The second kappa shape index (κ2) is 8.43. The van der Waals surface area contributed by atoms with E-state index < -0.39 is 12.7 Å². The molecule has 21 heavy (non-hydrogen) atoms. The summed E-state index contributed by atoms with van der Waals surface area (Å²) in [7, 11) is 0. The van der Waals surface area contributed by atoms with Crippen LogP contribution in [0.15, 0.2) is 24.3 Å². The minimum absolute atomic E-state index is 0. The van der Waals surface area contributed by atoms with E-state index in [-0.39, 0.29) is 18.3 Å². The van der Waals surface area contributed by atoms with Crippen LogP contribution in [0.4, 0.5) is 13.2 Å². The van der Waals surface area contributed by atoms with Crippen molar-refractivity contribution in [3.05, 3.63) is 27.8 Å². The largest absolute Gasteiger partial charge is 0.493 e. The van der Waals surface area contributed by atoms with Crippen LogP contribution in [0.2, 0.25) is 0 Å². The molecule has 120 valence electrons. The number of rotatable bonds is 4. The zero-order chi connectivity index (χ0) is 14.6. The predicted octanol–water partition coefficient (Wildman–Crippen LogP) is 4.37. The number of ether oxygens (including phenoxy) is 1. The van der Waals surface area contributed by atoms with Crippen LogP contribution in [0.1, 0.15) is 12.8 Å². The van der Waals surface area contributed by atoms with Gasteiger partial charge in [0.05, 0.1) is 13.2 Å². The Hall–Kier alpha value is -0.210. The monoisotopic (exact) mass is 435 g/mol. The number of nitrogens with zero attached hydrogens (tertiary/aromatic N) is 1. The molecule has 1 atom stereocenters. The summed E-state index contributed by atoms with van der Waals surface area (Å²) >= 11 is 2.21. The first-order valence-corrected chi connectivity index (χ1v) is 7.68. The van der Waals surface area contributed by atoms with Crippen molar-refractivity contribution in [3.63, 3.8) is 0 Å². The molecule has 0 spiro atoms. The molecule has 0 N–H and O–H groups in total. The van der Waals surface area contributed by atoms with Gasteiger partial charge in [0.2, 0.25) is 0 Å². The molecule has 0 amide bonds. The van der Waals surface area contributed by atoms with Crippen molar-refractivity contribution in [2.75, 3.05) is 26.2 Å². The van der Waals surface area contributed by atoms with Gasteiger partial charge in [-0.05, 0) is 66.2 Å². The zero-order valence-corrected chi connectivity index (χ0v) is 14.4. The molecule has 7 heteroatoms. The lowest BCUT2D eigenvalue weighted by Gasteiger charge is -2.32. The Kier molecular flexibility index (Phi) is 7.56. The molecule has 1 fully saturated rings. The van der Waals surface area contributed by atoms with Crippen molar-refractivity contribution in [1.82, 2.24) is 4.90 Å². The first-order valence-electron chi connectivity index (χ1n) is 6.60. The summed E-state index contributed by atoms with van der Waals surface area (Å²) in [5.41, 5.74) is 0. The molecule has 2 rings (SSSR count). The molecule has 1 heterocycles. The fraction of sp³-hybridized carbons (Fsp3) is 0.571. The van der Waals surface area contributed by atoms with Crippen molar-refractivity contribution < 1.29 is 17.9 Å². The molecule has 0 aromatic heterocycles. The van der Waals surface area contributed by atoms with Crippen LogP contribution in [0, 0.1) is 9.49 Å². The first kappa shape index (κ1) is 18.8. The first-order chi connectivity index (χ1) is 9.42. The van der Waals surface area contributed by atoms with Gasteiger partial charge in [0.1, 0.15) is 5.75 Å². The number of benzene rings is 1. The van der Waals surface area contributed by atoms with Gasteiger partial charge >= 0.3 is 6.18 Å². The zero-order valence-electron chi connectivity index (χ0n) is 11.4. The Labute approximate surface area is 142 Å². The second-order valence-corrected chi connectivity index (χ2v) is 6.37. The van der Waals surface area contributed by atoms with E-state index in [1.807, 2.05) is 24.3 Å². The summed E-state index contributed by atoms with van der Waals surface area (Å²) in [5, 5.41) is 0. The maximum atomic E-state index is 12.4. The third-order valence-corrected chi connectivity index (χ3v) is 4.02. The van der Waals surface area contributed by atoms with Gasteiger partial charge in [-0.1, -0.05) is 0 Å². The van der Waals surface area contributed by atoms with Gasteiger partial charge in [0.25, 0.3) is 0 Å². The highest BCUT2D eigenvalue weighted by atomic mass is 127. The smallest absolute Gasteiger partial charge is 0.401 e. The number of likely N-dealkylation sites (tertiary alicyclic amines) is 1. The summed E-state index contributed by atoms with van der Waals surface area (Å²) in [6, 6.07) is 7.68. The van der Waals surface area contributed by atoms with Gasteiger partial charge in [-0.3, -0.25) is 4.90 Å². The Morgan fingerprint density at radius 1 is 1.24 bits per heavy atom. The normalized spacial score (nSPS) is 19.9. The quantitative estimate of drug-likeness (QED) is 0.652. The van der Waals surface area contributed by atoms with Crippen LogP contribution >= 0.6 is 35.0 Å². The van der Waals surface area contributed by atoms with E-state index in [9.17, 15) is 13.2 Å². The summed E-state index contributed by atoms with van der Waals surface area (Å²) in [6.07, 6.45) is -2.38. The van der Waals surface area contributed by atoms with Crippen molar-refractivity contribution in [2.45, 2.75) is 19.0 Å². The predicted molar refractivity (Wildman–Crippen MR) is 87.1 cm³/mol. The van der Waals surface area contributed by atoms with Crippen LogP contribution in [0.3, 0.4) is 0 Å². The molecular weight excluding hydrogens is 418 g/mol. The summed E-state index contributed by atoms with van der Waals surface area (Å²) in [4.78, 5) is 1.48. The topological polar surface area (TPSA) is 12.5 Å². The fourth-order valence-corrected chi connectivity index (χ4v) is 2.79. The number of hydrogen-bond acceptors (Lipinski definition) is 2. The van der Waals surface area contributed by atoms with Gasteiger partial charge in [0.15, 0.2) is 0 Å². The average Bonchev–Trinajstić information content (AvgIpc) is 2.36. The second-order valence-electron chi connectivity index (χ2n) is 5.12. The van der Waals surface area contributed by atoms with Crippen molar-refractivity contribution in [1.29, 1.82) is 0 Å². The van der Waals surface area contributed by atoms with Crippen LogP contribution in [-0.2, 0) is 0 Å². The van der Waals surface area contributed by atoms with Gasteiger partial charge in [-0.25, -0.2) is 0 Å². The van der Waals surface area contributed by atoms with Crippen LogP contribution < -0.4 is 4.74 Å². The van der Waals surface area contributed by atoms with E-state index in [1.165, 1.54) is 4.90 Å². The Morgan fingerprint density at radius 2 is 1.90 bits per heavy atom. The highest BCUT2D eigenvalue weighted by molar-refractivity contribution is 14.1. The van der Waals surface area contributed by atoms with E-state index >= 15 is 0 Å². The minimum Gasteiger partial charge on any atom is -0.493 e. The number of piperidine rings is 1. The maximum Gasteiger partial charge on any atom is 0.401 e. The highest BCUT2D eigenvalue weighted by Gasteiger charge is 2.33. The van der Waals surface area contributed by atoms with Crippen molar-refractivity contribution in [2.24, 2.45) is 5.92 Å². The molecule has 1 aromatic rings. The maximum absolute atomic E-state index is 12.4. The molecule has 1 aromatic carbocycles. The standard InChI is InChI=1S/C14H17F3INO.ClH/c15-14(16,17)10-19-7-1-2-11(8-19)9-20-13-5-3-12(18)4-6-13;/h3-6,11H,1-2,7-10H2;1H/t11-;/m1./s1. The lowest BCUT2D eigenvalue weighted by atomic mass is 9.99. The van der Waals surface area contributed by atoms with Crippen LogP contribution in [-0.4, -0.2) is 37.3 Å². The lowest BCUT2D eigenvalue weighted by Crippen LogP contribution is -2.42. The Balaban J connectivity index is 0.00000220. The molecule has 1 aliphatic heterocycles. The van der Waals surface area contributed by atoms with E-state index in [4.69, 9.17) is 4.74 Å². The van der Waals surface area contributed by atoms with Gasteiger partial charge in [-0.2, -0.15) is 13.2 Å². The van der Waals surface area contributed by atoms with E-state index in [0.29, 0.717) is 19.7 Å². The summed E-state index contributed by atoms with van der Waals surface area (Å²) in [5.74, 6) is 0.948. The summed E-state index contributed by atoms with van der Waals surface area (Å²) in [6.45, 7) is 0.658. The molecule has 1 saturated heterocycles. The molecule has 2 nitrogen and oxygen atoms in total. The highest BCUT2D eigenvalue weighted by Crippen LogP contribution is 2.23. The number of hydrogen-bond donors (Lipinski definition) is 0. The molecule has 0 unspecified atom stereocenters. The van der Waals surface area contributed by atoms with Gasteiger partial charge < -0.3 is 4.74 Å². The van der Waals surface area contributed by atoms with Crippen molar-refractivity contribution in [3.8, 4) is 5.75 Å². The van der Waals surface area contributed by atoms with E-state index in [1.54, 1.807) is 0 Å². The average molecular weight is 436 g/mol. The fourth-order valence-electron chi connectivity index (χ4n) is 2.43. The molecule has 0 saturated carbocycles. The van der Waals surface area contributed by atoms with Gasteiger partial charge in [0, 0.05) is 16.0 Å². The molecular formula is C14H18ClF3INO. The molecule has 0 bridgehead atoms. The van der Waals surface area contributed by atoms with Crippen molar-refractivity contribution >= 4 is 35.0 Å². The Morgan fingerprint density at radius 3 is 2.52 bits per heavy atom. The van der Waals surface area contributed by atoms with Gasteiger partial charge in [-0.15, -0.1) is 12.4 Å². The number of halogens is 5. The van der Waals surface area contributed by atoms with E-state index in [2.05, 4.69) is 22.6 Å². The lowest BCUT2D eigenvalue weighted by molar-refractivity contribution is -0.149. The molecule has 0 radical (unpaired) electrons. The van der Waals surface area contributed by atoms with Crippen LogP contribution in [0.25, 0.3) is 0 Å². The Bertz CT molecular complexity index is 427. The summed E-state index contributed by atoms with van der Waals surface area (Å²) < 4.78 is 43.9. The molecule has 1 aliphatic rings.